The number of carboxylic acid groups (broad SMARTS) is 1. The zero-order valence-electron chi connectivity index (χ0n) is 17.9. The molecule has 0 saturated heterocycles. The van der Waals surface area contributed by atoms with Gasteiger partial charge in [0.2, 0.25) is 5.91 Å². The number of benzene rings is 4. The molecule has 0 saturated carbocycles. The number of hydrogen-bond acceptors (Lipinski definition) is 3. The van der Waals surface area contributed by atoms with Gasteiger partial charge in [-0.25, -0.2) is 4.79 Å². The number of rotatable bonds is 8. The predicted octanol–water partition coefficient (Wildman–Crippen LogP) is 4.43. The zero-order valence-corrected chi connectivity index (χ0v) is 17.9. The Hall–Kier alpha value is -4.25. The number of hydrogen-bond donors (Lipinski definition) is 2. The summed E-state index contributed by atoms with van der Waals surface area (Å²) in [5.41, 5.74) is 2.66. The minimum Gasteiger partial charge on any atom is -0.480 e. The molecule has 0 aromatic heterocycles. The van der Waals surface area contributed by atoms with Crippen LogP contribution in [0.15, 0.2) is 97.1 Å². The lowest BCUT2D eigenvalue weighted by atomic mass is 9.99. The highest BCUT2D eigenvalue weighted by atomic mass is 16.4. The summed E-state index contributed by atoms with van der Waals surface area (Å²) >= 11 is 0. The largest absolute Gasteiger partial charge is 0.480 e. The molecule has 4 aromatic rings. The van der Waals surface area contributed by atoms with Crippen molar-refractivity contribution in [2.75, 3.05) is 0 Å². The van der Waals surface area contributed by atoms with Crippen LogP contribution in [-0.4, -0.2) is 28.8 Å². The molecule has 0 bridgehead atoms. The number of aliphatic carboxylic acids is 1. The lowest BCUT2D eigenvalue weighted by Crippen LogP contribution is -2.43. The lowest BCUT2D eigenvalue weighted by Gasteiger charge is -2.15. The van der Waals surface area contributed by atoms with E-state index in [1.54, 1.807) is 48.5 Å². The minimum atomic E-state index is -1.11. The first kappa shape index (κ1) is 22.0. The van der Waals surface area contributed by atoms with Crippen LogP contribution < -0.4 is 5.32 Å². The van der Waals surface area contributed by atoms with Crippen LogP contribution in [-0.2, 0) is 22.4 Å². The molecule has 0 spiro atoms. The molecular formula is C28H23NO4. The Bertz CT molecular complexity index is 1300. The molecule has 2 N–H and O–H groups in total. The van der Waals surface area contributed by atoms with E-state index in [1.165, 1.54) is 0 Å². The van der Waals surface area contributed by atoms with Gasteiger partial charge in [0.15, 0.2) is 5.78 Å². The summed E-state index contributed by atoms with van der Waals surface area (Å²) in [6.45, 7) is 0. The Morgan fingerprint density at radius 2 is 1.30 bits per heavy atom. The van der Waals surface area contributed by atoms with E-state index in [2.05, 4.69) is 5.32 Å². The second-order valence-corrected chi connectivity index (χ2v) is 7.91. The SMILES string of the molecule is O=C(Cc1ccc2ccccc2c1)N[C@H](Cc1ccc(C(=O)c2ccccc2)cc1)C(=O)O. The van der Waals surface area contributed by atoms with Gasteiger partial charge in [-0.1, -0.05) is 97.1 Å². The summed E-state index contributed by atoms with van der Waals surface area (Å²) in [6, 6.07) is 28.3. The predicted molar refractivity (Wildman–Crippen MR) is 127 cm³/mol. The molecule has 1 amide bonds. The number of ketones is 1. The molecular weight excluding hydrogens is 414 g/mol. The van der Waals surface area contributed by atoms with E-state index in [0.29, 0.717) is 11.1 Å². The van der Waals surface area contributed by atoms with Crippen LogP contribution >= 0.6 is 0 Å². The van der Waals surface area contributed by atoms with Crippen molar-refractivity contribution in [1.29, 1.82) is 0 Å². The Balaban J connectivity index is 1.40. The van der Waals surface area contributed by atoms with Gasteiger partial charge < -0.3 is 10.4 Å². The number of fused-ring (bicyclic) bond motifs is 1. The summed E-state index contributed by atoms with van der Waals surface area (Å²) < 4.78 is 0. The maximum atomic E-state index is 12.5. The van der Waals surface area contributed by atoms with E-state index in [0.717, 1.165) is 21.9 Å². The third-order valence-corrected chi connectivity index (χ3v) is 5.50. The normalized spacial score (nSPS) is 11.6. The maximum Gasteiger partial charge on any atom is 0.326 e. The summed E-state index contributed by atoms with van der Waals surface area (Å²) in [7, 11) is 0. The first-order valence-corrected chi connectivity index (χ1v) is 10.7. The summed E-state index contributed by atoms with van der Waals surface area (Å²) in [4.78, 5) is 36.8. The monoisotopic (exact) mass is 437 g/mol. The van der Waals surface area contributed by atoms with Crippen molar-refractivity contribution in [2.45, 2.75) is 18.9 Å². The number of carbonyl (C=O) groups excluding carboxylic acids is 2. The van der Waals surface area contributed by atoms with E-state index in [9.17, 15) is 19.5 Å². The van der Waals surface area contributed by atoms with Gasteiger partial charge in [0.05, 0.1) is 6.42 Å². The van der Waals surface area contributed by atoms with E-state index in [1.807, 2.05) is 48.5 Å². The molecule has 5 nitrogen and oxygen atoms in total. The van der Waals surface area contributed by atoms with E-state index >= 15 is 0 Å². The van der Waals surface area contributed by atoms with Crippen LogP contribution in [0.25, 0.3) is 10.8 Å². The van der Waals surface area contributed by atoms with Gasteiger partial charge in [-0.3, -0.25) is 9.59 Å². The zero-order chi connectivity index (χ0) is 23.2. The number of carboxylic acids is 1. The minimum absolute atomic E-state index is 0.0964. The quantitative estimate of drug-likeness (QED) is 0.400. The molecule has 0 aliphatic carbocycles. The molecule has 0 aliphatic rings. The van der Waals surface area contributed by atoms with Crippen LogP contribution in [0, 0.1) is 0 Å². The Labute approximate surface area is 191 Å². The molecule has 0 heterocycles. The van der Waals surface area contributed by atoms with Crippen molar-refractivity contribution in [3.05, 3.63) is 119 Å². The number of amides is 1. The standard InChI is InChI=1S/C28H23NO4/c30-26(18-20-12-13-21-6-4-5-9-24(21)16-20)29-25(28(32)33)17-19-10-14-23(15-11-19)27(31)22-7-2-1-3-8-22/h1-16,25H,17-18H2,(H,29,30)(H,32,33)/t25-/m1/s1. The summed E-state index contributed by atoms with van der Waals surface area (Å²) in [5.74, 6) is -1.56. The second-order valence-electron chi connectivity index (χ2n) is 7.91. The van der Waals surface area contributed by atoms with E-state index in [-0.39, 0.29) is 24.5 Å². The molecule has 1 atom stereocenters. The fourth-order valence-electron chi connectivity index (χ4n) is 3.76. The highest BCUT2D eigenvalue weighted by Crippen LogP contribution is 2.16. The molecule has 0 radical (unpaired) electrons. The molecule has 4 rings (SSSR count). The van der Waals surface area contributed by atoms with Crippen LogP contribution in [0.1, 0.15) is 27.0 Å². The first-order chi connectivity index (χ1) is 16.0. The number of nitrogens with one attached hydrogen (secondary N) is 1. The lowest BCUT2D eigenvalue weighted by molar-refractivity contribution is -0.141. The maximum absolute atomic E-state index is 12.5. The smallest absolute Gasteiger partial charge is 0.326 e. The van der Waals surface area contributed by atoms with Crippen molar-refractivity contribution < 1.29 is 19.5 Å². The highest BCUT2D eigenvalue weighted by Gasteiger charge is 2.21. The van der Waals surface area contributed by atoms with Crippen LogP contribution in [0.3, 0.4) is 0 Å². The molecule has 4 aromatic carbocycles. The van der Waals surface area contributed by atoms with Gasteiger partial charge in [0, 0.05) is 17.5 Å². The van der Waals surface area contributed by atoms with Gasteiger partial charge >= 0.3 is 5.97 Å². The molecule has 33 heavy (non-hydrogen) atoms. The average Bonchev–Trinajstić information content (AvgIpc) is 2.84. The molecule has 164 valence electrons. The average molecular weight is 437 g/mol. The second kappa shape index (κ2) is 9.92. The van der Waals surface area contributed by atoms with E-state index < -0.39 is 12.0 Å². The Morgan fingerprint density at radius 3 is 2.00 bits per heavy atom. The third kappa shape index (κ3) is 5.52. The van der Waals surface area contributed by atoms with Crippen molar-refractivity contribution in [1.82, 2.24) is 5.32 Å². The van der Waals surface area contributed by atoms with Gasteiger partial charge in [0.1, 0.15) is 6.04 Å². The summed E-state index contributed by atoms with van der Waals surface area (Å²) in [5, 5.41) is 14.3. The topological polar surface area (TPSA) is 83.5 Å². The van der Waals surface area contributed by atoms with Crippen LogP contribution in [0.2, 0.25) is 0 Å². The number of carbonyl (C=O) groups is 3. The van der Waals surface area contributed by atoms with Gasteiger partial charge in [-0.2, -0.15) is 0 Å². The Kier molecular flexibility index (Phi) is 6.60. The molecule has 0 fully saturated rings. The van der Waals surface area contributed by atoms with Crippen LogP contribution in [0.5, 0.6) is 0 Å². The first-order valence-electron chi connectivity index (χ1n) is 10.7. The van der Waals surface area contributed by atoms with Crippen molar-refractivity contribution >= 4 is 28.4 Å². The summed E-state index contributed by atoms with van der Waals surface area (Å²) in [6.07, 6.45) is 0.220. The van der Waals surface area contributed by atoms with Gasteiger partial charge in [-0.05, 0) is 21.9 Å². The van der Waals surface area contributed by atoms with Gasteiger partial charge in [0.25, 0.3) is 0 Å². The highest BCUT2D eigenvalue weighted by molar-refractivity contribution is 6.08. The van der Waals surface area contributed by atoms with Crippen molar-refractivity contribution in [3.63, 3.8) is 0 Å². The third-order valence-electron chi connectivity index (χ3n) is 5.50. The van der Waals surface area contributed by atoms with Crippen molar-refractivity contribution in [3.8, 4) is 0 Å². The van der Waals surface area contributed by atoms with Crippen LogP contribution in [0.4, 0.5) is 0 Å². The van der Waals surface area contributed by atoms with Gasteiger partial charge in [-0.15, -0.1) is 0 Å². The molecule has 5 heteroatoms. The Morgan fingerprint density at radius 1 is 0.697 bits per heavy atom. The fourth-order valence-corrected chi connectivity index (χ4v) is 3.76. The van der Waals surface area contributed by atoms with Crippen molar-refractivity contribution in [2.24, 2.45) is 0 Å². The molecule has 0 aliphatic heterocycles. The van der Waals surface area contributed by atoms with E-state index in [4.69, 9.17) is 0 Å². The molecule has 0 unspecified atom stereocenters. The fraction of sp³-hybridized carbons (Fsp3) is 0.107.